The van der Waals surface area contributed by atoms with E-state index in [0.717, 1.165) is 36.1 Å². The van der Waals surface area contributed by atoms with Gasteiger partial charge in [0.2, 0.25) is 5.91 Å². The van der Waals surface area contributed by atoms with Crippen molar-refractivity contribution >= 4 is 23.3 Å². The molecule has 136 valence electrons. The van der Waals surface area contributed by atoms with E-state index in [1.807, 2.05) is 31.2 Å². The molecule has 2 aliphatic rings. The van der Waals surface area contributed by atoms with Gasteiger partial charge in [-0.2, -0.15) is 0 Å². The molecule has 1 aliphatic heterocycles. The van der Waals surface area contributed by atoms with Crippen molar-refractivity contribution in [3.63, 3.8) is 0 Å². The largest absolute Gasteiger partial charge is 0.353 e. The van der Waals surface area contributed by atoms with Gasteiger partial charge < -0.3 is 10.2 Å². The van der Waals surface area contributed by atoms with Crippen molar-refractivity contribution in [2.75, 3.05) is 13.1 Å². The number of rotatable bonds is 4. The molecule has 1 saturated heterocycles. The predicted octanol–water partition coefficient (Wildman–Crippen LogP) is 2.64. The van der Waals surface area contributed by atoms with Gasteiger partial charge in [0.15, 0.2) is 5.69 Å². The zero-order valence-corrected chi connectivity index (χ0v) is 15.6. The van der Waals surface area contributed by atoms with E-state index < -0.39 is 0 Å². The summed E-state index contributed by atoms with van der Waals surface area (Å²) in [6.45, 7) is 3.15. The summed E-state index contributed by atoms with van der Waals surface area (Å²) in [5.74, 6) is -0.166. The second-order valence-electron chi connectivity index (χ2n) is 7.19. The number of carbonyl (C=O) groups excluding carboxylic acids is 2. The summed E-state index contributed by atoms with van der Waals surface area (Å²) >= 11 is 1.24. The Labute approximate surface area is 156 Å². The Morgan fingerprint density at radius 1 is 1.19 bits per heavy atom. The van der Waals surface area contributed by atoms with Gasteiger partial charge in [-0.05, 0) is 49.7 Å². The summed E-state index contributed by atoms with van der Waals surface area (Å²) in [6, 6.07) is 8.36. The Kier molecular flexibility index (Phi) is 4.72. The molecule has 7 heteroatoms. The first-order valence-electron chi connectivity index (χ1n) is 9.11. The van der Waals surface area contributed by atoms with E-state index in [-0.39, 0.29) is 17.7 Å². The lowest BCUT2D eigenvalue weighted by atomic mass is 9.96. The minimum atomic E-state index is -0.127. The summed E-state index contributed by atoms with van der Waals surface area (Å²) in [5, 5.41) is 7.15. The maximum atomic E-state index is 13.0. The van der Waals surface area contributed by atoms with Crippen molar-refractivity contribution in [3.05, 3.63) is 35.5 Å². The molecule has 1 aromatic carbocycles. The molecule has 1 aromatic heterocycles. The fraction of sp³-hybridized carbons (Fsp3) is 0.474. The zero-order chi connectivity index (χ0) is 18.1. The molecule has 1 aliphatic carbocycles. The van der Waals surface area contributed by atoms with Crippen molar-refractivity contribution in [1.82, 2.24) is 19.8 Å². The van der Waals surface area contributed by atoms with Crippen LogP contribution >= 0.6 is 11.5 Å². The zero-order valence-electron chi connectivity index (χ0n) is 14.8. The van der Waals surface area contributed by atoms with Crippen molar-refractivity contribution in [1.29, 1.82) is 0 Å². The van der Waals surface area contributed by atoms with Gasteiger partial charge in [0.25, 0.3) is 5.91 Å². The van der Waals surface area contributed by atoms with Crippen LogP contribution in [0, 0.1) is 12.8 Å². The minimum Gasteiger partial charge on any atom is -0.353 e. The Morgan fingerprint density at radius 2 is 1.96 bits per heavy atom. The van der Waals surface area contributed by atoms with Gasteiger partial charge in [0.1, 0.15) is 0 Å². The van der Waals surface area contributed by atoms with Gasteiger partial charge in [-0.25, -0.2) is 0 Å². The van der Waals surface area contributed by atoms with Crippen LogP contribution in [-0.2, 0) is 4.79 Å². The molecule has 1 unspecified atom stereocenters. The number of hydrogen-bond donors (Lipinski definition) is 1. The third-order valence-corrected chi connectivity index (χ3v) is 5.78. The average Bonchev–Trinajstić information content (AvgIpc) is 3.34. The van der Waals surface area contributed by atoms with Gasteiger partial charge in [-0.15, -0.1) is 5.10 Å². The Hall–Kier alpha value is -2.28. The van der Waals surface area contributed by atoms with Crippen molar-refractivity contribution < 1.29 is 9.59 Å². The normalized spacial score (nSPS) is 20.0. The first-order valence-corrected chi connectivity index (χ1v) is 9.88. The predicted molar refractivity (Wildman–Crippen MR) is 99.9 cm³/mol. The van der Waals surface area contributed by atoms with Crippen molar-refractivity contribution in [2.24, 2.45) is 5.92 Å². The fourth-order valence-corrected chi connectivity index (χ4v) is 3.96. The molecule has 0 spiro atoms. The van der Waals surface area contributed by atoms with Crippen LogP contribution in [0.1, 0.15) is 41.7 Å². The monoisotopic (exact) mass is 370 g/mol. The lowest BCUT2D eigenvalue weighted by molar-refractivity contribution is -0.126. The van der Waals surface area contributed by atoms with Gasteiger partial charge >= 0.3 is 0 Å². The molecule has 6 nitrogen and oxygen atoms in total. The van der Waals surface area contributed by atoms with Crippen LogP contribution in [0.15, 0.2) is 24.3 Å². The number of carbonyl (C=O) groups is 2. The van der Waals surface area contributed by atoms with E-state index in [9.17, 15) is 9.59 Å². The molecular weight excluding hydrogens is 348 g/mol. The lowest BCUT2D eigenvalue weighted by Crippen LogP contribution is -2.46. The number of nitrogens with zero attached hydrogens (tertiary/aromatic N) is 3. The molecule has 0 bridgehead atoms. The Bertz CT molecular complexity index is 813. The van der Waals surface area contributed by atoms with E-state index in [4.69, 9.17) is 0 Å². The van der Waals surface area contributed by atoms with E-state index in [2.05, 4.69) is 14.9 Å². The molecule has 1 N–H and O–H groups in total. The number of aryl methyl sites for hydroxylation is 1. The number of nitrogens with one attached hydrogen (secondary N) is 1. The van der Waals surface area contributed by atoms with Crippen LogP contribution in [-0.4, -0.2) is 45.4 Å². The molecule has 2 fully saturated rings. The number of likely N-dealkylation sites (tertiary alicyclic amines) is 1. The van der Waals surface area contributed by atoms with E-state index in [1.165, 1.54) is 17.1 Å². The minimum absolute atomic E-state index is 0.0835. The van der Waals surface area contributed by atoms with Crippen LogP contribution < -0.4 is 5.32 Å². The highest BCUT2D eigenvalue weighted by atomic mass is 32.1. The molecule has 1 saturated carbocycles. The first kappa shape index (κ1) is 17.1. The summed E-state index contributed by atoms with van der Waals surface area (Å²) in [5.41, 5.74) is 2.51. The molecule has 4 rings (SSSR count). The molecule has 2 amide bonds. The number of piperidine rings is 1. The molecule has 2 heterocycles. The first-order chi connectivity index (χ1) is 12.6. The van der Waals surface area contributed by atoms with E-state index in [1.54, 1.807) is 4.90 Å². The Morgan fingerprint density at radius 3 is 2.69 bits per heavy atom. The fourth-order valence-electron chi connectivity index (χ4n) is 3.30. The van der Waals surface area contributed by atoms with Crippen LogP contribution in [0.5, 0.6) is 0 Å². The Balaban J connectivity index is 1.49. The van der Waals surface area contributed by atoms with Gasteiger partial charge in [-0.3, -0.25) is 9.59 Å². The van der Waals surface area contributed by atoms with Gasteiger partial charge in [-0.1, -0.05) is 34.3 Å². The average molecular weight is 370 g/mol. The third kappa shape index (κ3) is 3.62. The van der Waals surface area contributed by atoms with Gasteiger partial charge in [0, 0.05) is 19.1 Å². The summed E-state index contributed by atoms with van der Waals surface area (Å²) < 4.78 is 4.00. The SMILES string of the molecule is Cc1ccc(-c2snnc2C(=O)N2CCCC(C(=O)NC3CC3)C2)cc1. The molecular formula is C19H22N4O2S. The topological polar surface area (TPSA) is 75.2 Å². The maximum Gasteiger partial charge on any atom is 0.275 e. The quantitative estimate of drug-likeness (QED) is 0.898. The van der Waals surface area contributed by atoms with Crippen molar-refractivity contribution in [3.8, 4) is 10.4 Å². The van der Waals surface area contributed by atoms with E-state index >= 15 is 0 Å². The maximum absolute atomic E-state index is 13.0. The number of amides is 2. The molecule has 0 radical (unpaired) electrons. The van der Waals surface area contributed by atoms with Crippen LogP contribution in [0.2, 0.25) is 0 Å². The molecule has 2 aromatic rings. The molecule has 1 atom stereocenters. The number of hydrogen-bond acceptors (Lipinski definition) is 5. The highest BCUT2D eigenvalue weighted by Gasteiger charge is 2.33. The summed E-state index contributed by atoms with van der Waals surface area (Å²) in [4.78, 5) is 27.9. The lowest BCUT2D eigenvalue weighted by Gasteiger charge is -2.31. The second kappa shape index (κ2) is 7.15. The number of aromatic nitrogens is 2. The second-order valence-corrected chi connectivity index (χ2v) is 7.94. The van der Waals surface area contributed by atoms with Crippen LogP contribution in [0.25, 0.3) is 10.4 Å². The van der Waals surface area contributed by atoms with E-state index in [0.29, 0.717) is 24.8 Å². The van der Waals surface area contributed by atoms with Crippen LogP contribution in [0.4, 0.5) is 0 Å². The van der Waals surface area contributed by atoms with Gasteiger partial charge in [0.05, 0.1) is 10.8 Å². The standard InChI is InChI=1S/C19H22N4O2S/c1-12-4-6-13(7-5-12)17-16(21-22-26-17)19(25)23-10-2-3-14(11-23)18(24)20-15-8-9-15/h4-7,14-15H,2-3,8-11H2,1H3,(H,20,24). The molecule has 26 heavy (non-hydrogen) atoms. The van der Waals surface area contributed by atoms with Crippen molar-refractivity contribution in [2.45, 2.75) is 38.6 Å². The highest BCUT2D eigenvalue weighted by molar-refractivity contribution is 7.09. The number of benzene rings is 1. The van der Waals surface area contributed by atoms with Crippen LogP contribution in [0.3, 0.4) is 0 Å². The smallest absolute Gasteiger partial charge is 0.275 e. The summed E-state index contributed by atoms with van der Waals surface area (Å²) in [7, 11) is 0. The highest BCUT2D eigenvalue weighted by Crippen LogP contribution is 2.29. The summed E-state index contributed by atoms with van der Waals surface area (Å²) in [6.07, 6.45) is 3.82. The third-order valence-electron chi connectivity index (χ3n) is 5.01.